The summed E-state index contributed by atoms with van der Waals surface area (Å²) in [5, 5.41) is 13.2. The third-order valence-electron chi connectivity index (χ3n) is 23.1. The third-order valence-corrected chi connectivity index (χ3v) is 23.1. The molecule has 0 spiro atoms. The molecule has 125 heavy (non-hydrogen) atoms. The lowest BCUT2D eigenvalue weighted by molar-refractivity contribution is -0.172. The molecule has 0 saturated carbocycles. The molecule has 2 unspecified atom stereocenters. The molecule has 22 bridgehead atoms. The number of hydrogen-bond acceptors (Lipinski definition) is 18. The fourth-order valence-electron chi connectivity index (χ4n) is 17.3. The lowest BCUT2D eigenvalue weighted by Gasteiger charge is -2.31. The van der Waals surface area contributed by atoms with Crippen molar-refractivity contribution in [2.75, 3.05) is 113 Å². The number of nitrogens with one attached hydrogen (secondary N) is 6. The van der Waals surface area contributed by atoms with Gasteiger partial charge in [0, 0.05) is 164 Å². The van der Waals surface area contributed by atoms with Crippen LogP contribution in [0.4, 0.5) is 22.7 Å². The number of rotatable bonds is 10. The van der Waals surface area contributed by atoms with Gasteiger partial charge in [0.25, 0.3) is 23.6 Å². The van der Waals surface area contributed by atoms with E-state index in [9.17, 15) is 19.2 Å². The Labute approximate surface area is 724 Å². The molecule has 8 aromatic carbocycles. The molecular weight excluding hydrogens is 1570 g/mol. The standard InChI is InChI=1S/C101H98N12O12/c1-5-122-89(114)63-112-49-22-50-113(64-90(115)123-6-2)54-52-111-48-21-47-110(51-53-112)61-67-25-19-29-71(57-67)97(118)108-79-37-15-11-33-75(79)93-85-43-39-81(102-85)91-73-31-9-13-35-77(73)106-95(116)69-27-17-23-65(55-69)59-101(99(120)124-7-3,100(121)125-8-4)60-66-24-18-28-70(56-66)96(117)107-78-36-14-10-32-74(78)92(82-40-44-86(93)103-82)84-42-46-88(105-84)94(87-45-41-83(91)104-87)76-34-12-16-38-80(76)109-98(119)72-30-20-26-68(58-72)62-111/h9-20,23-46,55-58,102,105H,5-8,21-22,47-54,59-64H2,1-4H3,(H,106,116)(H,107,117)(H,108,118)(H,109,119). The van der Waals surface area contributed by atoms with E-state index in [1.165, 1.54) is 0 Å². The number of aromatic amines is 2. The highest BCUT2D eigenvalue weighted by Gasteiger charge is 2.49. The zero-order valence-electron chi connectivity index (χ0n) is 70.3. The van der Waals surface area contributed by atoms with Gasteiger partial charge in [-0.05, 0) is 210 Å². The van der Waals surface area contributed by atoms with Crippen molar-refractivity contribution in [3.63, 3.8) is 0 Å². The highest BCUT2D eigenvalue weighted by Crippen LogP contribution is 2.45. The summed E-state index contributed by atoms with van der Waals surface area (Å²) in [7, 11) is 0. The predicted molar refractivity (Wildman–Crippen MR) is 487 cm³/mol. The van der Waals surface area contributed by atoms with Gasteiger partial charge in [-0.1, -0.05) is 121 Å². The number of anilines is 4. The maximum atomic E-state index is 15.5. The minimum absolute atomic E-state index is 0.0562. The largest absolute Gasteiger partial charge is 0.465 e. The minimum atomic E-state index is -2.00. The Balaban J connectivity index is 0.935. The van der Waals surface area contributed by atoms with Crippen LogP contribution in [-0.4, -0.2) is 179 Å². The normalized spacial score (nSPS) is 16.4. The Kier molecular flexibility index (Phi) is 26.1. The first-order valence-electron chi connectivity index (χ1n) is 42.7. The van der Waals surface area contributed by atoms with Crippen LogP contribution in [0.3, 0.4) is 0 Å². The first-order valence-corrected chi connectivity index (χ1v) is 42.7. The lowest BCUT2D eigenvalue weighted by atomic mass is 9.76. The summed E-state index contributed by atoms with van der Waals surface area (Å²) in [4.78, 5) is 146. The number of esters is 4. The van der Waals surface area contributed by atoms with E-state index in [1.54, 1.807) is 88.4 Å². The Morgan fingerprint density at radius 2 is 0.632 bits per heavy atom. The number of para-hydroxylation sites is 4. The molecular formula is C101H98N12O12. The SMILES string of the molecule is CCOC(=O)CN1CCCN(CC(=O)OCC)CCN2CCCN(CC1)Cc1cccc(c1)C(=O)Nc1ccccc1-c1c3nc(c4c5ccc([nH]5)c(c5nc(c(c6ccc1[nH]6)-c1ccccc1NC(=O)c1cccc(c1)CC(C(=O)OCC)(C(=O)OCC)Cc1cccc(c1)C(=O)Nc1ccccc1-4)C=C5)-c1ccccc1NC(=O)c1cccc(c1)C2)C=C3. The molecule has 6 N–H and O–H groups in total. The van der Waals surface area contributed by atoms with Gasteiger partial charge in [0.2, 0.25) is 0 Å². The molecule has 1 fully saturated rings. The summed E-state index contributed by atoms with van der Waals surface area (Å²) in [6.45, 7) is 13.0. The second kappa shape index (κ2) is 38.6. The summed E-state index contributed by atoms with van der Waals surface area (Å²) in [6.07, 6.45) is 8.58. The fourth-order valence-corrected chi connectivity index (χ4v) is 17.3. The van der Waals surface area contributed by atoms with Crippen LogP contribution >= 0.6 is 0 Å². The first-order chi connectivity index (χ1) is 61.0. The average molecular weight is 1670 g/mol. The second-order valence-electron chi connectivity index (χ2n) is 31.6. The molecule has 24 heteroatoms. The molecule has 0 aliphatic carbocycles. The molecule has 7 aliphatic heterocycles. The van der Waals surface area contributed by atoms with Gasteiger partial charge in [-0.25, -0.2) is 9.97 Å². The molecule has 634 valence electrons. The van der Waals surface area contributed by atoms with E-state index in [4.69, 9.17) is 28.9 Å². The number of ether oxygens (including phenoxy) is 4. The molecule has 0 radical (unpaired) electrons. The molecule has 18 rings (SSSR count). The zero-order chi connectivity index (χ0) is 86.5. The molecule has 2 atom stereocenters. The van der Waals surface area contributed by atoms with Crippen LogP contribution in [0, 0.1) is 5.41 Å². The molecule has 1 saturated heterocycles. The van der Waals surface area contributed by atoms with Crippen molar-refractivity contribution in [2.45, 2.75) is 66.5 Å². The van der Waals surface area contributed by atoms with Gasteiger partial charge in [0.1, 0.15) is 0 Å². The van der Waals surface area contributed by atoms with Crippen molar-refractivity contribution in [3.05, 3.63) is 286 Å². The highest BCUT2D eigenvalue weighted by molar-refractivity contribution is 6.13. The van der Waals surface area contributed by atoms with E-state index in [2.05, 4.69) is 50.8 Å². The van der Waals surface area contributed by atoms with Gasteiger partial charge in [0.15, 0.2) is 5.41 Å². The number of nitrogens with zero attached hydrogens (tertiary/aromatic N) is 6. The number of aromatic nitrogens is 4. The molecule has 3 aromatic heterocycles. The zero-order valence-corrected chi connectivity index (χ0v) is 70.3. The first kappa shape index (κ1) is 84.6. The van der Waals surface area contributed by atoms with E-state index in [0.29, 0.717) is 206 Å². The summed E-state index contributed by atoms with van der Waals surface area (Å²) >= 11 is 0. The van der Waals surface area contributed by atoms with Crippen molar-refractivity contribution in [3.8, 4) is 44.5 Å². The third kappa shape index (κ3) is 19.3. The van der Waals surface area contributed by atoms with Crippen LogP contribution in [0.2, 0.25) is 0 Å². The smallest absolute Gasteiger partial charge is 0.324 e. The minimum Gasteiger partial charge on any atom is -0.465 e. The van der Waals surface area contributed by atoms with Crippen LogP contribution < -0.4 is 21.3 Å². The van der Waals surface area contributed by atoms with Crippen LogP contribution in [0.15, 0.2) is 218 Å². The van der Waals surface area contributed by atoms with E-state index >= 15 is 19.2 Å². The van der Waals surface area contributed by atoms with Gasteiger partial charge in [-0.3, -0.25) is 58.0 Å². The van der Waals surface area contributed by atoms with Crippen molar-refractivity contribution in [2.24, 2.45) is 5.41 Å². The van der Waals surface area contributed by atoms with E-state index in [1.807, 2.05) is 182 Å². The molecule has 24 nitrogen and oxygen atoms in total. The summed E-state index contributed by atoms with van der Waals surface area (Å²) in [6, 6.07) is 66.6. The maximum absolute atomic E-state index is 15.5. The van der Waals surface area contributed by atoms with Crippen LogP contribution in [0.1, 0.15) is 127 Å². The predicted octanol–water partition coefficient (Wildman–Crippen LogP) is 16.7. The second-order valence-corrected chi connectivity index (χ2v) is 31.6. The molecule has 7 aliphatic rings. The van der Waals surface area contributed by atoms with Gasteiger partial charge >= 0.3 is 23.9 Å². The number of carbonyl (C=O) groups excluding carboxylic acids is 8. The lowest BCUT2D eigenvalue weighted by Crippen LogP contribution is -2.46. The number of fused-ring (bicyclic) bond motifs is 6. The monoisotopic (exact) mass is 1670 g/mol. The number of carbonyl (C=O) groups is 8. The van der Waals surface area contributed by atoms with Crippen LogP contribution in [-0.2, 0) is 64.1 Å². The highest BCUT2D eigenvalue weighted by atomic mass is 16.6. The van der Waals surface area contributed by atoms with Gasteiger partial charge in [0.05, 0.1) is 62.3 Å². The van der Waals surface area contributed by atoms with Gasteiger partial charge < -0.3 is 50.2 Å². The number of benzene rings is 8. The van der Waals surface area contributed by atoms with Crippen molar-refractivity contribution < 1.29 is 57.3 Å². The molecule has 11 aromatic rings. The van der Waals surface area contributed by atoms with Crippen LogP contribution in [0.5, 0.6) is 0 Å². The van der Waals surface area contributed by atoms with Crippen molar-refractivity contribution >= 4 is 117 Å². The molecule has 4 amide bonds. The van der Waals surface area contributed by atoms with Gasteiger partial charge in [-0.2, -0.15) is 0 Å². The summed E-state index contributed by atoms with van der Waals surface area (Å²) < 4.78 is 22.6. The fraction of sp³-hybridized carbons (Fsp3) is 0.248. The maximum Gasteiger partial charge on any atom is 0.324 e. The topological polar surface area (TPSA) is 292 Å². The quantitative estimate of drug-likeness (QED) is 0.0421. The summed E-state index contributed by atoms with van der Waals surface area (Å²) in [5.41, 5.74) is 12.4. The Morgan fingerprint density at radius 1 is 0.336 bits per heavy atom. The van der Waals surface area contributed by atoms with Crippen molar-refractivity contribution in [1.82, 2.24) is 39.5 Å². The number of amides is 4. The Hall–Kier alpha value is -14.0. The number of hydrogen-bond donors (Lipinski definition) is 6. The van der Waals surface area contributed by atoms with E-state index in [0.717, 1.165) is 17.5 Å². The Morgan fingerprint density at radius 3 is 0.952 bits per heavy atom. The van der Waals surface area contributed by atoms with E-state index in [-0.39, 0.29) is 87.2 Å². The number of H-pyrrole nitrogens is 2. The van der Waals surface area contributed by atoms with Gasteiger partial charge in [-0.15, -0.1) is 0 Å². The average Bonchev–Trinajstić information content (AvgIpc) is 1.60. The van der Waals surface area contributed by atoms with E-state index < -0.39 is 29.2 Å². The Bertz CT molecular complexity index is 5870. The van der Waals surface area contributed by atoms with Crippen molar-refractivity contribution in [1.29, 1.82) is 0 Å². The molecule has 10 heterocycles. The summed E-state index contributed by atoms with van der Waals surface area (Å²) in [5.74, 6) is -4.10. The van der Waals surface area contributed by atoms with Crippen LogP contribution in [0.25, 0.3) is 90.9 Å².